The monoisotopic (exact) mass is 659 g/mol. The number of hydrogen-bond acceptors (Lipinski definition) is 10. The predicted molar refractivity (Wildman–Crippen MR) is 187 cm³/mol. The number of carbonyl (C=O) groups excluding carboxylic acids is 1. The smallest absolute Gasteiger partial charge is 0.298 e. The zero-order valence-electron chi connectivity index (χ0n) is 26.3. The molecule has 10 nitrogen and oxygen atoms in total. The van der Waals surface area contributed by atoms with Gasteiger partial charge in [-0.1, -0.05) is 41.4 Å². The van der Waals surface area contributed by atoms with Gasteiger partial charge in [0.15, 0.2) is 22.9 Å². The van der Waals surface area contributed by atoms with Gasteiger partial charge in [-0.15, -0.1) is 0 Å². The number of aryl methyl sites for hydroxylation is 1. The number of rotatable bonds is 7. The lowest BCUT2D eigenvalue weighted by molar-refractivity contribution is -0.125. The number of nitrogens with zero attached hydrogens (tertiary/aromatic N) is 6. The first-order valence-electron chi connectivity index (χ1n) is 15.4. The van der Waals surface area contributed by atoms with Gasteiger partial charge in [0, 0.05) is 63.8 Å². The molecule has 0 saturated carbocycles. The number of halogens is 1. The van der Waals surface area contributed by atoms with E-state index in [-0.39, 0.29) is 11.4 Å². The highest BCUT2D eigenvalue weighted by atomic mass is 35.5. The number of piperazine rings is 1. The van der Waals surface area contributed by atoms with Crippen molar-refractivity contribution >= 4 is 52.3 Å². The number of pyridine rings is 2. The summed E-state index contributed by atoms with van der Waals surface area (Å²) in [4.78, 5) is 31.0. The highest BCUT2D eigenvalue weighted by Crippen LogP contribution is 2.40. The van der Waals surface area contributed by atoms with Crippen molar-refractivity contribution in [1.82, 2.24) is 14.9 Å². The Hall–Kier alpha value is -4.11. The molecule has 1 amide bonds. The minimum atomic E-state index is -0.169. The molecular formula is C34H38ClN7O3S. The Morgan fingerprint density at radius 1 is 1.11 bits per heavy atom. The summed E-state index contributed by atoms with van der Waals surface area (Å²) in [6.07, 6.45) is 4.85. The zero-order chi connectivity index (χ0) is 32.0. The summed E-state index contributed by atoms with van der Waals surface area (Å²) in [7, 11) is 1.65. The lowest BCUT2D eigenvalue weighted by Gasteiger charge is -2.37. The van der Waals surface area contributed by atoms with E-state index >= 15 is 0 Å². The third-order valence-electron chi connectivity index (χ3n) is 8.27. The molecule has 240 valence electrons. The molecule has 0 aliphatic carbocycles. The van der Waals surface area contributed by atoms with E-state index in [0.29, 0.717) is 49.4 Å². The molecule has 1 N–H and O–H groups in total. The maximum absolute atomic E-state index is 12.4. The van der Waals surface area contributed by atoms with E-state index in [0.717, 1.165) is 60.1 Å². The number of carbonyl (C=O) groups is 1. The number of benzene rings is 1. The van der Waals surface area contributed by atoms with Gasteiger partial charge in [-0.25, -0.2) is 9.97 Å². The normalized spacial score (nSPS) is 18.2. The van der Waals surface area contributed by atoms with Crippen molar-refractivity contribution in [3.8, 4) is 28.8 Å². The third-order valence-corrected chi connectivity index (χ3v) is 9.46. The van der Waals surface area contributed by atoms with Crippen LogP contribution in [0.2, 0.25) is 5.02 Å². The van der Waals surface area contributed by atoms with Gasteiger partial charge < -0.3 is 34.4 Å². The first-order chi connectivity index (χ1) is 22.5. The molecule has 5 heterocycles. The molecule has 1 aromatic carbocycles. The topological polar surface area (TPSA) is 86.3 Å². The number of para-hydroxylation sites is 1. The first-order valence-corrected chi connectivity index (χ1v) is 16.8. The van der Waals surface area contributed by atoms with Crippen molar-refractivity contribution in [2.75, 3.05) is 79.6 Å². The predicted octanol–water partition coefficient (Wildman–Crippen LogP) is 5.43. The van der Waals surface area contributed by atoms with Crippen molar-refractivity contribution in [1.29, 1.82) is 0 Å². The summed E-state index contributed by atoms with van der Waals surface area (Å²) in [5.41, 5.74) is 4.58. The molecule has 0 spiro atoms. The Morgan fingerprint density at radius 3 is 2.74 bits per heavy atom. The average molecular weight is 660 g/mol. The van der Waals surface area contributed by atoms with Crippen LogP contribution in [0.15, 0.2) is 54.2 Å². The van der Waals surface area contributed by atoms with Gasteiger partial charge in [-0.3, -0.25) is 4.79 Å². The quantitative estimate of drug-likeness (QED) is 0.331. The van der Waals surface area contributed by atoms with Crippen LogP contribution in [-0.4, -0.2) is 85.9 Å². The number of amides is 1. The van der Waals surface area contributed by atoms with Gasteiger partial charge in [0.25, 0.3) is 5.91 Å². The van der Waals surface area contributed by atoms with E-state index in [9.17, 15) is 4.79 Å². The number of ether oxygens (including phenoxy) is 2. The summed E-state index contributed by atoms with van der Waals surface area (Å²) < 4.78 is 11.5. The second-order valence-electron chi connectivity index (χ2n) is 11.2. The molecular weight excluding hydrogens is 622 g/mol. The van der Waals surface area contributed by atoms with E-state index in [2.05, 4.69) is 50.9 Å². The van der Waals surface area contributed by atoms with Crippen LogP contribution in [0, 0.1) is 18.8 Å². The molecule has 3 aromatic rings. The molecule has 0 bridgehead atoms. The average Bonchev–Trinajstić information content (AvgIpc) is 3.34. The van der Waals surface area contributed by atoms with Crippen LogP contribution in [0.3, 0.4) is 0 Å². The molecule has 2 aromatic heterocycles. The molecule has 1 unspecified atom stereocenters. The van der Waals surface area contributed by atoms with E-state index in [1.165, 1.54) is 0 Å². The van der Waals surface area contributed by atoms with Crippen LogP contribution >= 0.6 is 23.4 Å². The van der Waals surface area contributed by atoms with Crippen molar-refractivity contribution in [2.45, 2.75) is 25.8 Å². The highest BCUT2D eigenvalue weighted by molar-refractivity contribution is 8.03. The highest BCUT2D eigenvalue weighted by Gasteiger charge is 2.28. The van der Waals surface area contributed by atoms with Crippen LogP contribution in [0.4, 0.5) is 23.0 Å². The minimum absolute atomic E-state index is 0.123. The second-order valence-corrected chi connectivity index (χ2v) is 12.5. The molecule has 1 atom stereocenters. The number of hydrogen-bond donors (Lipinski definition) is 1. The van der Waals surface area contributed by atoms with Gasteiger partial charge in [0.05, 0.1) is 35.8 Å². The molecule has 12 heteroatoms. The summed E-state index contributed by atoms with van der Waals surface area (Å²) in [5.74, 6) is 7.43. The zero-order valence-corrected chi connectivity index (χ0v) is 27.9. The molecule has 0 radical (unpaired) electrons. The lowest BCUT2D eigenvalue weighted by Crippen LogP contribution is -2.49. The van der Waals surface area contributed by atoms with Gasteiger partial charge in [0.1, 0.15) is 0 Å². The Kier molecular flexibility index (Phi) is 10.1. The minimum Gasteiger partial charge on any atom is -0.493 e. The summed E-state index contributed by atoms with van der Waals surface area (Å²) in [5, 5.41) is 6.31. The number of methoxy groups -OCH3 is 1. The summed E-state index contributed by atoms with van der Waals surface area (Å²) >= 11 is 8.27. The number of anilines is 4. The van der Waals surface area contributed by atoms with Crippen molar-refractivity contribution in [3.63, 3.8) is 0 Å². The van der Waals surface area contributed by atoms with Crippen molar-refractivity contribution < 1.29 is 14.3 Å². The van der Waals surface area contributed by atoms with Gasteiger partial charge >= 0.3 is 0 Å². The van der Waals surface area contributed by atoms with Gasteiger partial charge in [0.2, 0.25) is 0 Å². The van der Waals surface area contributed by atoms with E-state index in [1.54, 1.807) is 25.8 Å². The molecule has 46 heavy (non-hydrogen) atoms. The standard InChI is InChI=1S/C34H38ClN7O3S/c1-4-7-30(43)40-13-15-41(16-14-40)33-28(39-12-6-19-45-20-17-39)22-25(23-36-33)27-10-11-29(44-3)32(37-27)38-34-42(18-21-46-34)31-24(2)8-5-9-26(31)35/h5,8-11,18,21-23,34H,6,12-17,19-20H2,1-3H3,(H,37,38). The number of aromatic nitrogens is 2. The third kappa shape index (κ3) is 6.84. The Balaban J connectivity index is 1.30. The number of thioether (sulfide) groups is 1. The SMILES string of the molecule is CC#CC(=O)N1CCN(c2ncc(-c3ccc(OC)c(NC4SC=CN4c4c(C)cccc4Cl)n3)cc2N2CCCOCC2)CC1. The fraction of sp³-hybridized carbons (Fsp3) is 0.382. The largest absolute Gasteiger partial charge is 0.493 e. The van der Waals surface area contributed by atoms with Crippen molar-refractivity contribution in [3.05, 3.63) is 64.8 Å². The fourth-order valence-electron chi connectivity index (χ4n) is 5.91. The van der Waals surface area contributed by atoms with Crippen LogP contribution in [0.1, 0.15) is 18.9 Å². The Labute approximate surface area is 279 Å². The Bertz CT molecular complexity index is 1640. The number of nitrogens with one attached hydrogen (secondary N) is 1. The molecule has 2 fully saturated rings. The van der Waals surface area contributed by atoms with Gasteiger partial charge in [-0.2, -0.15) is 0 Å². The van der Waals surface area contributed by atoms with E-state index in [1.807, 2.05) is 47.0 Å². The lowest BCUT2D eigenvalue weighted by atomic mass is 10.1. The van der Waals surface area contributed by atoms with Crippen LogP contribution in [-0.2, 0) is 9.53 Å². The molecule has 6 rings (SSSR count). The van der Waals surface area contributed by atoms with Crippen molar-refractivity contribution in [2.24, 2.45) is 0 Å². The summed E-state index contributed by atoms with van der Waals surface area (Å²) in [6.45, 7) is 9.36. The van der Waals surface area contributed by atoms with Gasteiger partial charge in [-0.05, 0) is 61.4 Å². The maximum atomic E-state index is 12.4. The van der Waals surface area contributed by atoms with Crippen LogP contribution < -0.4 is 24.8 Å². The second kappa shape index (κ2) is 14.5. The molecule has 3 aliphatic rings. The Morgan fingerprint density at radius 2 is 1.96 bits per heavy atom. The van der Waals surface area contributed by atoms with E-state index in [4.69, 9.17) is 31.0 Å². The van der Waals surface area contributed by atoms with E-state index < -0.39 is 0 Å². The van der Waals surface area contributed by atoms with Crippen LogP contribution in [0.5, 0.6) is 5.75 Å². The maximum Gasteiger partial charge on any atom is 0.298 e. The summed E-state index contributed by atoms with van der Waals surface area (Å²) in [6, 6.07) is 12.0. The van der Waals surface area contributed by atoms with Crippen LogP contribution in [0.25, 0.3) is 11.3 Å². The molecule has 2 saturated heterocycles. The fourth-order valence-corrected chi connectivity index (χ4v) is 7.07. The molecule has 3 aliphatic heterocycles. The first kappa shape index (κ1) is 31.9.